The Bertz CT molecular complexity index is 1250. The average molecular weight is 470 g/mol. The number of hydrogen-bond donors (Lipinski definition) is 1. The summed E-state index contributed by atoms with van der Waals surface area (Å²) in [7, 11) is -3.36. The first kappa shape index (κ1) is 20.9. The molecule has 2 aliphatic heterocycles. The molecule has 8 nitrogen and oxygen atoms in total. The topological polar surface area (TPSA) is 95.5 Å². The van der Waals surface area contributed by atoms with Crippen molar-refractivity contribution in [2.45, 2.75) is 18.3 Å². The Labute approximate surface area is 191 Å². The number of fused-ring (bicyclic) bond motifs is 2. The zero-order valence-electron chi connectivity index (χ0n) is 17.6. The molecule has 3 aromatic rings. The molecule has 1 N–H and O–H groups in total. The zero-order valence-corrected chi connectivity index (χ0v) is 19.2. The second kappa shape index (κ2) is 7.86. The van der Waals surface area contributed by atoms with Gasteiger partial charge in [-0.2, -0.15) is 9.36 Å². The lowest BCUT2D eigenvalue weighted by atomic mass is 9.74. The number of aromatic nitrogens is 2. The van der Waals surface area contributed by atoms with E-state index in [0.717, 1.165) is 21.8 Å². The third-order valence-electron chi connectivity index (χ3n) is 6.26. The number of anilines is 2. The first-order valence-corrected chi connectivity index (χ1v) is 13.0. The second-order valence-electron chi connectivity index (χ2n) is 8.27. The third kappa shape index (κ3) is 3.73. The average Bonchev–Trinajstić information content (AvgIpc) is 3.38. The van der Waals surface area contributed by atoms with Gasteiger partial charge in [0, 0.05) is 30.6 Å². The normalized spacial score (nSPS) is 17.4. The number of sulfonamides is 1. The van der Waals surface area contributed by atoms with E-state index in [1.807, 2.05) is 54.6 Å². The molecule has 0 unspecified atom stereocenters. The summed E-state index contributed by atoms with van der Waals surface area (Å²) in [6, 6.07) is 17.2. The molecule has 3 heterocycles. The molecule has 0 atom stereocenters. The maximum atomic E-state index is 12.8. The Morgan fingerprint density at radius 3 is 2.47 bits per heavy atom. The molecule has 2 aromatic carbocycles. The van der Waals surface area contributed by atoms with Crippen LogP contribution in [0.1, 0.15) is 18.4 Å². The van der Waals surface area contributed by atoms with Gasteiger partial charge in [-0.15, -0.1) is 0 Å². The number of urea groups is 1. The van der Waals surface area contributed by atoms with Gasteiger partial charge in [-0.3, -0.25) is 9.62 Å². The van der Waals surface area contributed by atoms with Crippen LogP contribution in [0.2, 0.25) is 0 Å². The van der Waals surface area contributed by atoms with E-state index in [-0.39, 0.29) is 11.4 Å². The van der Waals surface area contributed by atoms with Gasteiger partial charge in [0.25, 0.3) is 0 Å². The van der Waals surface area contributed by atoms with Crippen LogP contribution in [0, 0.1) is 0 Å². The predicted molar refractivity (Wildman–Crippen MR) is 125 cm³/mol. The summed E-state index contributed by atoms with van der Waals surface area (Å²) < 4.78 is 30.4. The molecule has 0 saturated carbocycles. The van der Waals surface area contributed by atoms with Gasteiger partial charge in [-0.1, -0.05) is 48.5 Å². The van der Waals surface area contributed by atoms with E-state index in [2.05, 4.69) is 14.7 Å². The lowest BCUT2D eigenvalue weighted by Crippen LogP contribution is -2.48. The van der Waals surface area contributed by atoms with Crippen molar-refractivity contribution in [2.75, 3.05) is 35.5 Å². The van der Waals surface area contributed by atoms with Crippen molar-refractivity contribution in [3.8, 4) is 10.6 Å². The summed E-state index contributed by atoms with van der Waals surface area (Å²) in [4.78, 5) is 19.0. The molecule has 10 heteroatoms. The molecule has 2 aliphatic rings. The molecule has 2 amide bonds. The molecule has 0 aliphatic carbocycles. The Kier molecular flexibility index (Phi) is 5.13. The number of nitrogens with one attached hydrogen (secondary N) is 1. The van der Waals surface area contributed by atoms with Crippen LogP contribution in [0.5, 0.6) is 0 Å². The number of carbonyl (C=O) groups is 1. The van der Waals surface area contributed by atoms with Crippen LogP contribution in [0.15, 0.2) is 54.6 Å². The molecule has 1 spiro atoms. The molecule has 1 fully saturated rings. The number of piperidine rings is 1. The van der Waals surface area contributed by atoms with Crippen LogP contribution in [-0.2, 0) is 15.4 Å². The first-order chi connectivity index (χ1) is 15.4. The van der Waals surface area contributed by atoms with E-state index < -0.39 is 10.0 Å². The van der Waals surface area contributed by atoms with Crippen molar-refractivity contribution in [3.05, 3.63) is 60.2 Å². The van der Waals surface area contributed by atoms with Crippen molar-refractivity contribution in [3.63, 3.8) is 0 Å². The Balaban J connectivity index is 1.27. The SMILES string of the molecule is CS(=O)(=O)N1CC2(CCN(C(=O)Nc3nsc(-c4ccccc4)n3)CC2)c2ccccc21. The van der Waals surface area contributed by atoms with Gasteiger partial charge in [0.1, 0.15) is 5.01 Å². The molecule has 0 bridgehead atoms. The first-order valence-electron chi connectivity index (χ1n) is 10.4. The number of benzene rings is 2. The highest BCUT2D eigenvalue weighted by Gasteiger charge is 2.47. The minimum Gasteiger partial charge on any atom is -0.324 e. The number of amides is 2. The van der Waals surface area contributed by atoms with Gasteiger partial charge in [-0.25, -0.2) is 13.2 Å². The second-order valence-corrected chi connectivity index (χ2v) is 10.9. The van der Waals surface area contributed by atoms with Gasteiger partial charge in [0.2, 0.25) is 16.0 Å². The Morgan fingerprint density at radius 1 is 1.06 bits per heavy atom. The van der Waals surface area contributed by atoms with Crippen LogP contribution in [0.25, 0.3) is 10.6 Å². The van der Waals surface area contributed by atoms with Crippen LogP contribution in [0.4, 0.5) is 16.4 Å². The minimum atomic E-state index is -3.36. The fourth-order valence-electron chi connectivity index (χ4n) is 4.59. The van der Waals surface area contributed by atoms with Gasteiger partial charge >= 0.3 is 6.03 Å². The Morgan fingerprint density at radius 2 is 1.75 bits per heavy atom. The summed E-state index contributed by atoms with van der Waals surface area (Å²) in [6.45, 7) is 1.50. The van der Waals surface area contributed by atoms with E-state index in [1.54, 1.807) is 4.90 Å². The van der Waals surface area contributed by atoms with Crippen LogP contribution >= 0.6 is 11.5 Å². The number of nitrogens with zero attached hydrogens (tertiary/aromatic N) is 4. The smallest absolute Gasteiger partial charge is 0.324 e. The van der Waals surface area contributed by atoms with Crippen LogP contribution in [0.3, 0.4) is 0 Å². The summed E-state index contributed by atoms with van der Waals surface area (Å²) in [5.41, 5.74) is 2.50. The van der Waals surface area contributed by atoms with Crippen LogP contribution in [-0.4, -0.2) is 54.6 Å². The molecule has 0 radical (unpaired) electrons. The fourth-order valence-corrected chi connectivity index (χ4v) is 6.22. The third-order valence-corrected chi connectivity index (χ3v) is 8.15. The molecule has 32 heavy (non-hydrogen) atoms. The van der Waals surface area contributed by atoms with Crippen molar-refractivity contribution >= 4 is 39.2 Å². The van der Waals surface area contributed by atoms with Crippen molar-refractivity contribution in [1.29, 1.82) is 0 Å². The fraction of sp³-hybridized carbons (Fsp3) is 0.318. The summed E-state index contributed by atoms with van der Waals surface area (Å²) in [5.74, 6) is 0.300. The molecule has 166 valence electrons. The standard InChI is InChI=1S/C22H23N5O3S2/c1-32(29,30)27-15-22(17-9-5-6-10-18(17)27)11-13-26(14-12-22)21(28)24-20-23-19(31-25-20)16-7-3-2-4-8-16/h2-10H,11-15H2,1H3,(H,24,25,28). The van der Waals surface area contributed by atoms with Gasteiger partial charge in [0.05, 0.1) is 11.9 Å². The minimum absolute atomic E-state index is 0.233. The number of carbonyl (C=O) groups excluding carboxylic acids is 1. The Hall–Kier alpha value is -2.98. The highest BCUT2D eigenvalue weighted by molar-refractivity contribution is 7.92. The number of hydrogen-bond acceptors (Lipinski definition) is 6. The van der Waals surface area contributed by atoms with Crippen molar-refractivity contribution in [1.82, 2.24) is 14.3 Å². The number of para-hydroxylation sites is 1. The van der Waals surface area contributed by atoms with E-state index in [0.29, 0.717) is 38.4 Å². The monoisotopic (exact) mass is 469 g/mol. The zero-order chi connectivity index (χ0) is 22.3. The predicted octanol–water partition coefficient (Wildman–Crippen LogP) is 3.55. The van der Waals surface area contributed by atoms with Crippen molar-refractivity contribution in [2.24, 2.45) is 0 Å². The summed E-state index contributed by atoms with van der Waals surface area (Å²) >= 11 is 1.24. The molecular weight excluding hydrogens is 446 g/mol. The van der Waals surface area contributed by atoms with Crippen LogP contribution < -0.4 is 9.62 Å². The van der Waals surface area contributed by atoms with Gasteiger partial charge in [0.15, 0.2) is 0 Å². The molecular formula is C22H23N5O3S2. The van der Waals surface area contributed by atoms with E-state index in [9.17, 15) is 13.2 Å². The quantitative estimate of drug-likeness (QED) is 0.633. The highest BCUT2D eigenvalue weighted by Crippen LogP contribution is 2.47. The lowest BCUT2D eigenvalue weighted by molar-refractivity contribution is 0.173. The van der Waals surface area contributed by atoms with Gasteiger partial charge < -0.3 is 4.90 Å². The van der Waals surface area contributed by atoms with E-state index in [4.69, 9.17) is 0 Å². The number of rotatable bonds is 3. The molecule has 1 saturated heterocycles. The lowest BCUT2D eigenvalue weighted by Gasteiger charge is -2.39. The number of likely N-dealkylation sites (tertiary alicyclic amines) is 1. The van der Waals surface area contributed by atoms with E-state index >= 15 is 0 Å². The maximum absolute atomic E-state index is 12.8. The van der Waals surface area contributed by atoms with Crippen molar-refractivity contribution < 1.29 is 13.2 Å². The highest BCUT2D eigenvalue weighted by atomic mass is 32.2. The molecule has 1 aromatic heterocycles. The maximum Gasteiger partial charge on any atom is 0.324 e. The summed E-state index contributed by atoms with van der Waals surface area (Å²) in [6.07, 6.45) is 2.64. The van der Waals surface area contributed by atoms with E-state index in [1.165, 1.54) is 22.1 Å². The van der Waals surface area contributed by atoms with Gasteiger partial charge in [-0.05, 0) is 36.0 Å². The largest absolute Gasteiger partial charge is 0.324 e. The summed E-state index contributed by atoms with van der Waals surface area (Å²) in [5, 5.41) is 3.55. The molecule has 5 rings (SSSR count).